The van der Waals surface area contributed by atoms with E-state index in [1.54, 1.807) is 18.2 Å². The number of nitrogens with one attached hydrogen (secondary N) is 1. The molecule has 2 N–H and O–H groups in total. The van der Waals surface area contributed by atoms with Crippen molar-refractivity contribution in [2.24, 2.45) is 5.41 Å². The summed E-state index contributed by atoms with van der Waals surface area (Å²) in [6.45, 7) is 12.6. The fourth-order valence-corrected chi connectivity index (χ4v) is 3.04. The van der Waals surface area contributed by atoms with Gasteiger partial charge in [0.25, 0.3) is 5.91 Å². The predicted molar refractivity (Wildman–Crippen MR) is 82.6 cm³/mol. The van der Waals surface area contributed by atoms with Crippen molar-refractivity contribution < 1.29 is 14.6 Å². The molecule has 116 valence electrons. The molecule has 1 aromatic rings. The zero-order chi connectivity index (χ0) is 16.1. The van der Waals surface area contributed by atoms with Gasteiger partial charge in [0.2, 0.25) is 0 Å². The minimum absolute atomic E-state index is 0.109. The average Bonchev–Trinajstić information content (AvgIpc) is 2.39. The van der Waals surface area contributed by atoms with Crippen molar-refractivity contribution in [2.45, 2.75) is 52.6 Å². The van der Waals surface area contributed by atoms with Crippen LogP contribution < -0.4 is 10.1 Å². The number of carbonyl (C=O) groups is 1. The molecular weight excluding hydrogens is 266 g/mol. The van der Waals surface area contributed by atoms with E-state index >= 15 is 0 Å². The lowest BCUT2D eigenvalue weighted by Gasteiger charge is -2.56. The molecule has 21 heavy (non-hydrogen) atoms. The van der Waals surface area contributed by atoms with E-state index in [0.717, 1.165) is 5.56 Å². The van der Waals surface area contributed by atoms with Crippen molar-refractivity contribution in [2.75, 3.05) is 6.54 Å². The van der Waals surface area contributed by atoms with Crippen molar-refractivity contribution >= 4 is 5.91 Å². The Labute approximate surface area is 126 Å². The summed E-state index contributed by atoms with van der Waals surface area (Å²) in [6, 6.07) is 5.05. The van der Waals surface area contributed by atoms with Crippen LogP contribution >= 0.6 is 0 Å². The summed E-state index contributed by atoms with van der Waals surface area (Å²) in [5, 5.41) is 12.7. The molecule has 1 aromatic carbocycles. The average molecular weight is 291 g/mol. The standard InChI is InChI=1S/C17H25NO3/c1-7-18-14(20)17(6)16(4,5)15(2,3)12-10-11(19)8-9-13(12)21-17/h8-10,19H,7H2,1-6H3,(H,18,20). The first-order valence-electron chi connectivity index (χ1n) is 7.38. The number of phenolic OH excluding ortho intramolecular Hbond substituents is 1. The predicted octanol–water partition coefficient (Wildman–Crippen LogP) is 2.98. The van der Waals surface area contributed by atoms with Gasteiger partial charge in [-0.3, -0.25) is 4.79 Å². The zero-order valence-electron chi connectivity index (χ0n) is 13.7. The molecular formula is C17H25NO3. The molecule has 0 aromatic heterocycles. The van der Waals surface area contributed by atoms with E-state index in [1.165, 1.54) is 0 Å². The Morgan fingerprint density at radius 3 is 2.43 bits per heavy atom. The minimum atomic E-state index is -0.976. The SMILES string of the molecule is CCNC(=O)C1(C)Oc2ccc(O)cc2C(C)(C)C1(C)C. The maximum Gasteiger partial charge on any atom is 0.264 e. The third kappa shape index (κ3) is 2.00. The highest BCUT2D eigenvalue weighted by Gasteiger charge is 2.60. The van der Waals surface area contributed by atoms with Gasteiger partial charge in [0.1, 0.15) is 11.5 Å². The normalized spacial score (nSPS) is 25.6. The molecule has 0 spiro atoms. The smallest absolute Gasteiger partial charge is 0.264 e. The van der Waals surface area contributed by atoms with Crippen molar-refractivity contribution in [1.82, 2.24) is 5.32 Å². The van der Waals surface area contributed by atoms with Crippen molar-refractivity contribution in [3.8, 4) is 11.5 Å². The van der Waals surface area contributed by atoms with Gasteiger partial charge in [-0.05, 0) is 32.0 Å². The first-order valence-corrected chi connectivity index (χ1v) is 7.38. The van der Waals surface area contributed by atoms with Gasteiger partial charge in [-0.1, -0.05) is 27.7 Å². The van der Waals surface area contributed by atoms with E-state index in [1.807, 2.05) is 27.7 Å². The van der Waals surface area contributed by atoms with E-state index in [4.69, 9.17) is 4.74 Å². The van der Waals surface area contributed by atoms with E-state index in [9.17, 15) is 9.90 Å². The number of ether oxygens (including phenoxy) is 1. The highest BCUT2D eigenvalue weighted by molar-refractivity contribution is 5.87. The maximum atomic E-state index is 12.6. The van der Waals surface area contributed by atoms with Gasteiger partial charge in [-0.15, -0.1) is 0 Å². The summed E-state index contributed by atoms with van der Waals surface area (Å²) in [5.41, 5.74) is -0.843. The summed E-state index contributed by atoms with van der Waals surface area (Å²) >= 11 is 0. The molecule has 2 rings (SSSR count). The fraction of sp³-hybridized carbons (Fsp3) is 0.588. The van der Waals surface area contributed by atoms with Gasteiger partial charge >= 0.3 is 0 Å². The van der Waals surface area contributed by atoms with Crippen molar-refractivity contribution in [1.29, 1.82) is 0 Å². The third-order valence-corrected chi connectivity index (χ3v) is 5.48. The monoisotopic (exact) mass is 291 g/mol. The summed E-state index contributed by atoms with van der Waals surface area (Å²) in [6.07, 6.45) is 0. The second-order valence-corrected chi connectivity index (χ2v) is 6.93. The second-order valence-electron chi connectivity index (χ2n) is 6.93. The number of likely N-dealkylation sites (N-methyl/N-ethyl adjacent to an activating group) is 1. The van der Waals surface area contributed by atoms with E-state index in [-0.39, 0.29) is 17.1 Å². The summed E-state index contributed by atoms with van der Waals surface area (Å²) < 4.78 is 6.12. The number of benzene rings is 1. The number of fused-ring (bicyclic) bond motifs is 1. The first-order chi connectivity index (χ1) is 9.58. The van der Waals surface area contributed by atoms with Crippen molar-refractivity contribution in [3.63, 3.8) is 0 Å². The first kappa shape index (κ1) is 15.7. The Balaban J connectivity index is 2.64. The van der Waals surface area contributed by atoms with Gasteiger partial charge in [-0.2, -0.15) is 0 Å². The van der Waals surface area contributed by atoms with Crippen LogP contribution in [0, 0.1) is 5.41 Å². The Bertz CT molecular complexity index is 577. The molecule has 0 fully saturated rings. The Kier molecular flexibility index (Phi) is 3.47. The van der Waals surface area contributed by atoms with E-state index < -0.39 is 11.0 Å². The lowest BCUT2D eigenvalue weighted by atomic mass is 9.55. The highest BCUT2D eigenvalue weighted by atomic mass is 16.5. The molecule has 1 aliphatic rings. The lowest BCUT2D eigenvalue weighted by molar-refractivity contribution is -0.155. The number of aromatic hydroxyl groups is 1. The largest absolute Gasteiger partial charge is 0.508 e. The van der Waals surface area contributed by atoms with Crippen LogP contribution in [0.4, 0.5) is 0 Å². The molecule has 1 heterocycles. The second kappa shape index (κ2) is 4.65. The van der Waals surface area contributed by atoms with Crippen LogP contribution in [0.25, 0.3) is 0 Å². The van der Waals surface area contributed by atoms with Crippen LogP contribution in [-0.4, -0.2) is 23.2 Å². The quantitative estimate of drug-likeness (QED) is 0.880. The van der Waals surface area contributed by atoms with Gasteiger partial charge in [-0.25, -0.2) is 0 Å². The van der Waals surface area contributed by atoms with Crippen LogP contribution in [0.5, 0.6) is 11.5 Å². The molecule has 0 saturated carbocycles. The molecule has 4 heteroatoms. The van der Waals surface area contributed by atoms with E-state index in [0.29, 0.717) is 12.3 Å². The summed E-state index contributed by atoms with van der Waals surface area (Å²) in [7, 11) is 0. The number of amides is 1. The van der Waals surface area contributed by atoms with Gasteiger partial charge in [0, 0.05) is 22.9 Å². The molecule has 1 atom stereocenters. The highest BCUT2D eigenvalue weighted by Crippen LogP contribution is 2.56. The molecule has 1 amide bonds. The summed E-state index contributed by atoms with van der Waals surface area (Å²) in [5.74, 6) is 0.760. The molecule has 4 nitrogen and oxygen atoms in total. The number of phenols is 1. The molecule has 0 radical (unpaired) electrons. The minimum Gasteiger partial charge on any atom is -0.508 e. The topological polar surface area (TPSA) is 58.6 Å². The van der Waals surface area contributed by atoms with Crippen LogP contribution in [0.1, 0.15) is 47.1 Å². The van der Waals surface area contributed by atoms with Crippen LogP contribution in [0.3, 0.4) is 0 Å². The number of rotatable bonds is 2. The molecule has 0 aliphatic carbocycles. The van der Waals surface area contributed by atoms with E-state index in [2.05, 4.69) is 19.2 Å². The molecule has 1 aliphatic heterocycles. The fourth-order valence-electron chi connectivity index (χ4n) is 3.04. The van der Waals surface area contributed by atoms with Crippen molar-refractivity contribution in [3.05, 3.63) is 23.8 Å². The lowest BCUT2D eigenvalue weighted by Crippen LogP contribution is -2.66. The number of carbonyl (C=O) groups excluding carboxylic acids is 1. The molecule has 0 bridgehead atoms. The summed E-state index contributed by atoms with van der Waals surface area (Å²) in [4.78, 5) is 12.6. The van der Waals surface area contributed by atoms with Crippen LogP contribution in [0.15, 0.2) is 18.2 Å². The van der Waals surface area contributed by atoms with Gasteiger partial charge in [0.15, 0.2) is 5.60 Å². The number of hydrogen-bond donors (Lipinski definition) is 2. The molecule has 0 saturated heterocycles. The van der Waals surface area contributed by atoms with Crippen LogP contribution in [-0.2, 0) is 10.2 Å². The van der Waals surface area contributed by atoms with Gasteiger partial charge < -0.3 is 15.2 Å². The van der Waals surface area contributed by atoms with Crippen LogP contribution in [0.2, 0.25) is 0 Å². The number of hydrogen-bond acceptors (Lipinski definition) is 3. The third-order valence-electron chi connectivity index (χ3n) is 5.48. The zero-order valence-corrected chi connectivity index (χ0v) is 13.7. The molecule has 1 unspecified atom stereocenters. The Hall–Kier alpha value is -1.71. The Morgan fingerprint density at radius 2 is 1.86 bits per heavy atom. The van der Waals surface area contributed by atoms with Gasteiger partial charge in [0.05, 0.1) is 0 Å². The maximum absolute atomic E-state index is 12.6. The Morgan fingerprint density at radius 1 is 1.24 bits per heavy atom.